The van der Waals surface area contributed by atoms with Gasteiger partial charge in [0.2, 0.25) is 0 Å². The van der Waals surface area contributed by atoms with Crippen LogP contribution in [0.15, 0.2) is 47.2 Å². The van der Waals surface area contributed by atoms with E-state index in [-0.39, 0.29) is 5.91 Å². The van der Waals surface area contributed by atoms with E-state index in [0.717, 1.165) is 17.7 Å². The molecule has 0 atom stereocenters. The van der Waals surface area contributed by atoms with Gasteiger partial charge in [0.25, 0.3) is 5.91 Å². The number of pyridine rings is 1. The zero-order valence-corrected chi connectivity index (χ0v) is 12.7. The second-order valence-corrected chi connectivity index (χ2v) is 4.95. The molecule has 20 heavy (non-hydrogen) atoms. The lowest BCUT2D eigenvalue weighted by Gasteiger charge is -2.11. The van der Waals surface area contributed by atoms with Crippen molar-refractivity contribution >= 4 is 27.5 Å². The van der Waals surface area contributed by atoms with Crippen molar-refractivity contribution in [3.8, 4) is 0 Å². The van der Waals surface area contributed by atoms with Crippen molar-refractivity contribution in [3.05, 3.63) is 58.3 Å². The van der Waals surface area contributed by atoms with E-state index in [2.05, 4.69) is 26.2 Å². The molecule has 104 valence electrons. The number of ether oxygens (including phenoxy) is 1. The predicted octanol–water partition coefficient (Wildman–Crippen LogP) is 3.29. The summed E-state index contributed by atoms with van der Waals surface area (Å²) in [6, 6.07) is 11.2. The van der Waals surface area contributed by atoms with E-state index in [9.17, 15) is 4.79 Å². The molecule has 0 spiro atoms. The predicted molar refractivity (Wildman–Crippen MR) is 81.9 cm³/mol. The molecule has 0 radical (unpaired) electrons. The van der Waals surface area contributed by atoms with Crippen LogP contribution in [0.2, 0.25) is 0 Å². The van der Waals surface area contributed by atoms with Crippen molar-refractivity contribution in [2.75, 3.05) is 19.0 Å². The van der Waals surface area contributed by atoms with Crippen LogP contribution in [0.1, 0.15) is 15.9 Å². The lowest BCUT2D eigenvalue weighted by atomic mass is 10.1. The standard InChI is InChI=1S/C15H15BrN2O2/c1-20-10-8-11-5-2-3-7-13(11)18-15(19)12-6-4-9-17-14(12)16/h2-7,9H,8,10H2,1H3,(H,18,19). The lowest BCUT2D eigenvalue weighted by molar-refractivity contribution is 0.102. The Balaban J connectivity index is 2.18. The molecule has 0 saturated carbocycles. The number of anilines is 1. The Kier molecular flexibility index (Phi) is 5.26. The van der Waals surface area contributed by atoms with Crippen molar-refractivity contribution in [1.29, 1.82) is 0 Å². The van der Waals surface area contributed by atoms with Gasteiger partial charge in [-0.3, -0.25) is 4.79 Å². The fraction of sp³-hybridized carbons (Fsp3) is 0.200. The van der Waals surface area contributed by atoms with Gasteiger partial charge in [-0.2, -0.15) is 0 Å². The Morgan fingerprint density at radius 1 is 1.30 bits per heavy atom. The van der Waals surface area contributed by atoms with Crippen molar-refractivity contribution < 1.29 is 9.53 Å². The van der Waals surface area contributed by atoms with Crippen LogP contribution in [0.4, 0.5) is 5.69 Å². The van der Waals surface area contributed by atoms with Gasteiger partial charge < -0.3 is 10.1 Å². The number of benzene rings is 1. The smallest absolute Gasteiger partial charge is 0.258 e. The van der Waals surface area contributed by atoms with E-state index in [0.29, 0.717) is 16.8 Å². The first-order chi connectivity index (χ1) is 9.72. The highest BCUT2D eigenvalue weighted by molar-refractivity contribution is 9.10. The van der Waals surface area contributed by atoms with Gasteiger partial charge in [0.15, 0.2) is 0 Å². The number of methoxy groups -OCH3 is 1. The quantitative estimate of drug-likeness (QED) is 0.853. The topological polar surface area (TPSA) is 51.2 Å². The monoisotopic (exact) mass is 334 g/mol. The van der Waals surface area contributed by atoms with Crippen molar-refractivity contribution in [3.63, 3.8) is 0 Å². The summed E-state index contributed by atoms with van der Waals surface area (Å²) in [5.41, 5.74) is 2.35. The molecule has 0 saturated heterocycles. The number of nitrogens with zero attached hydrogens (tertiary/aromatic N) is 1. The number of halogens is 1. The second-order valence-electron chi connectivity index (χ2n) is 4.20. The summed E-state index contributed by atoms with van der Waals surface area (Å²) in [5, 5.41) is 2.91. The van der Waals surface area contributed by atoms with Gasteiger partial charge in [-0.15, -0.1) is 0 Å². The maximum atomic E-state index is 12.2. The minimum absolute atomic E-state index is 0.185. The summed E-state index contributed by atoms with van der Waals surface area (Å²) >= 11 is 3.28. The average Bonchev–Trinajstić information content (AvgIpc) is 2.46. The Morgan fingerprint density at radius 2 is 2.10 bits per heavy atom. The number of amides is 1. The third-order valence-electron chi connectivity index (χ3n) is 2.84. The van der Waals surface area contributed by atoms with E-state index >= 15 is 0 Å². The molecule has 1 aromatic carbocycles. The van der Waals surface area contributed by atoms with Crippen molar-refractivity contribution in [2.24, 2.45) is 0 Å². The molecule has 1 amide bonds. The van der Waals surface area contributed by atoms with Gasteiger partial charge in [-0.05, 0) is 46.1 Å². The largest absolute Gasteiger partial charge is 0.384 e. The molecule has 0 aliphatic rings. The number of hydrogen-bond acceptors (Lipinski definition) is 3. The summed E-state index contributed by atoms with van der Waals surface area (Å²) in [6.45, 7) is 0.615. The van der Waals surface area contributed by atoms with Gasteiger partial charge in [-0.1, -0.05) is 18.2 Å². The molecule has 5 heteroatoms. The fourth-order valence-electron chi connectivity index (χ4n) is 1.82. The number of hydrogen-bond donors (Lipinski definition) is 1. The first-order valence-electron chi connectivity index (χ1n) is 6.21. The molecule has 2 aromatic rings. The Hall–Kier alpha value is -1.72. The first-order valence-corrected chi connectivity index (χ1v) is 7.00. The zero-order chi connectivity index (χ0) is 14.4. The van der Waals surface area contributed by atoms with E-state index < -0.39 is 0 Å². The van der Waals surface area contributed by atoms with Gasteiger partial charge in [0, 0.05) is 19.0 Å². The minimum atomic E-state index is -0.185. The third kappa shape index (κ3) is 3.65. The molecule has 4 nitrogen and oxygen atoms in total. The van der Waals surface area contributed by atoms with Gasteiger partial charge in [0.05, 0.1) is 12.2 Å². The van der Waals surface area contributed by atoms with E-state index in [1.807, 2.05) is 24.3 Å². The van der Waals surface area contributed by atoms with Crippen LogP contribution in [-0.2, 0) is 11.2 Å². The van der Waals surface area contributed by atoms with Crippen molar-refractivity contribution in [2.45, 2.75) is 6.42 Å². The van der Waals surface area contributed by atoms with Crippen LogP contribution in [0.5, 0.6) is 0 Å². The van der Waals surface area contributed by atoms with E-state index in [4.69, 9.17) is 4.74 Å². The molecule has 0 bridgehead atoms. The molecular weight excluding hydrogens is 320 g/mol. The third-order valence-corrected chi connectivity index (χ3v) is 3.48. The Morgan fingerprint density at radius 3 is 2.85 bits per heavy atom. The van der Waals surface area contributed by atoms with Gasteiger partial charge >= 0.3 is 0 Å². The molecule has 1 heterocycles. The number of para-hydroxylation sites is 1. The number of rotatable bonds is 5. The average molecular weight is 335 g/mol. The highest BCUT2D eigenvalue weighted by Crippen LogP contribution is 2.19. The Labute approximate surface area is 126 Å². The van der Waals surface area contributed by atoms with Crippen LogP contribution in [0.3, 0.4) is 0 Å². The summed E-state index contributed by atoms with van der Waals surface area (Å²) in [6.07, 6.45) is 2.38. The maximum Gasteiger partial charge on any atom is 0.258 e. The molecule has 0 unspecified atom stereocenters. The minimum Gasteiger partial charge on any atom is -0.384 e. The fourth-order valence-corrected chi connectivity index (χ4v) is 2.25. The number of carbonyl (C=O) groups excluding carboxylic acids is 1. The highest BCUT2D eigenvalue weighted by atomic mass is 79.9. The zero-order valence-electron chi connectivity index (χ0n) is 11.1. The Bertz CT molecular complexity index is 602. The second kappa shape index (κ2) is 7.17. The first kappa shape index (κ1) is 14.7. The molecule has 0 fully saturated rings. The van der Waals surface area contributed by atoms with Crippen LogP contribution in [0, 0.1) is 0 Å². The molecule has 0 aliphatic heterocycles. The summed E-state index contributed by atoms with van der Waals surface area (Å²) < 4.78 is 5.61. The molecule has 2 rings (SSSR count). The SMILES string of the molecule is COCCc1ccccc1NC(=O)c1cccnc1Br. The van der Waals surface area contributed by atoms with Crippen molar-refractivity contribution in [1.82, 2.24) is 4.98 Å². The van der Waals surface area contributed by atoms with Crippen LogP contribution >= 0.6 is 15.9 Å². The molecule has 1 aromatic heterocycles. The number of carbonyl (C=O) groups is 1. The molecule has 0 aliphatic carbocycles. The summed E-state index contributed by atoms with van der Waals surface area (Å²) in [4.78, 5) is 16.3. The lowest BCUT2D eigenvalue weighted by Crippen LogP contribution is -2.14. The van der Waals surface area contributed by atoms with E-state index in [1.54, 1.807) is 25.4 Å². The molecule has 1 N–H and O–H groups in total. The van der Waals surface area contributed by atoms with Gasteiger partial charge in [0.1, 0.15) is 4.60 Å². The van der Waals surface area contributed by atoms with Crippen LogP contribution < -0.4 is 5.32 Å². The maximum absolute atomic E-state index is 12.2. The molecular formula is C15H15BrN2O2. The summed E-state index contributed by atoms with van der Waals surface area (Å²) in [5.74, 6) is -0.185. The summed E-state index contributed by atoms with van der Waals surface area (Å²) in [7, 11) is 1.66. The van der Waals surface area contributed by atoms with E-state index in [1.165, 1.54) is 0 Å². The van der Waals surface area contributed by atoms with Crippen LogP contribution in [-0.4, -0.2) is 24.6 Å². The highest BCUT2D eigenvalue weighted by Gasteiger charge is 2.12. The number of aromatic nitrogens is 1. The van der Waals surface area contributed by atoms with Gasteiger partial charge in [-0.25, -0.2) is 4.98 Å². The number of nitrogens with one attached hydrogen (secondary N) is 1. The van der Waals surface area contributed by atoms with Crippen LogP contribution in [0.25, 0.3) is 0 Å². The normalized spacial score (nSPS) is 10.3.